The molecule has 2 N–H and O–H groups in total. The SMILES string of the molecule is C[C@@H](C=O)C[C@@H](Cc1ccc(-c2cccc(Cl)c2)cc1)NC(=O)C(F)(F)C(F)(F)C(=O)O. The summed E-state index contributed by atoms with van der Waals surface area (Å²) in [5.74, 6) is -17.3. The minimum absolute atomic E-state index is 0.0472. The van der Waals surface area contributed by atoms with Crippen LogP contribution in [0.2, 0.25) is 5.02 Å². The van der Waals surface area contributed by atoms with Crippen LogP contribution in [0.25, 0.3) is 11.1 Å². The number of rotatable bonds is 10. The molecule has 32 heavy (non-hydrogen) atoms. The summed E-state index contributed by atoms with van der Waals surface area (Å²) < 4.78 is 54.3. The molecule has 0 aliphatic rings. The smallest absolute Gasteiger partial charge is 0.413 e. The molecule has 0 aliphatic carbocycles. The summed E-state index contributed by atoms with van der Waals surface area (Å²) in [4.78, 5) is 33.3. The van der Waals surface area contributed by atoms with Crippen LogP contribution in [0.3, 0.4) is 0 Å². The number of carboxylic acids is 1. The number of hydrogen-bond acceptors (Lipinski definition) is 3. The zero-order chi connectivity index (χ0) is 24.1. The molecule has 0 saturated carbocycles. The summed E-state index contributed by atoms with van der Waals surface area (Å²) >= 11 is 5.97. The molecule has 0 fully saturated rings. The van der Waals surface area contributed by atoms with E-state index in [1.165, 1.54) is 6.92 Å². The van der Waals surface area contributed by atoms with Gasteiger partial charge in [-0.05, 0) is 41.7 Å². The lowest BCUT2D eigenvalue weighted by molar-refractivity contribution is -0.222. The molecule has 2 rings (SSSR count). The molecule has 2 atom stereocenters. The van der Waals surface area contributed by atoms with Crippen LogP contribution < -0.4 is 5.32 Å². The van der Waals surface area contributed by atoms with Crippen molar-refractivity contribution in [3.63, 3.8) is 0 Å². The number of aliphatic carboxylic acids is 1. The van der Waals surface area contributed by atoms with Gasteiger partial charge in [-0.3, -0.25) is 4.79 Å². The van der Waals surface area contributed by atoms with Gasteiger partial charge in [0.2, 0.25) is 0 Å². The van der Waals surface area contributed by atoms with Crippen molar-refractivity contribution in [2.75, 3.05) is 0 Å². The van der Waals surface area contributed by atoms with Crippen LogP contribution in [-0.2, 0) is 20.8 Å². The zero-order valence-electron chi connectivity index (χ0n) is 16.8. The van der Waals surface area contributed by atoms with Crippen molar-refractivity contribution in [1.82, 2.24) is 5.32 Å². The molecule has 0 heterocycles. The highest BCUT2D eigenvalue weighted by Gasteiger charge is 2.67. The van der Waals surface area contributed by atoms with Gasteiger partial charge in [-0.2, -0.15) is 17.6 Å². The first-order valence-corrected chi connectivity index (χ1v) is 9.86. The minimum atomic E-state index is -5.59. The monoisotopic (exact) mass is 473 g/mol. The Morgan fingerprint density at radius 2 is 1.69 bits per heavy atom. The van der Waals surface area contributed by atoms with Gasteiger partial charge >= 0.3 is 17.8 Å². The molecular formula is C22H20ClF4NO4. The highest BCUT2D eigenvalue weighted by Crippen LogP contribution is 2.35. The van der Waals surface area contributed by atoms with Gasteiger partial charge in [-0.1, -0.05) is 54.9 Å². The molecule has 2 aromatic rings. The Bertz CT molecular complexity index is 982. The van der Waals surface area contributed by atoms with E-state index in [0.29, 0.717) is 16.9 Å². The zero-order valence-corrected chi connectivity index (χ0v) is 17.6. The number of halogens is 5. The van der Waals surface area contributed by atoms with Gasteiger partial charge in [0.1, 0.15) is 6.29 Å². The van der Waals surface area contributed by atoms with E-state index >= 15 is 0 Å². The second-order valence-electron chi connectivity index (χ2n) is 7.38. The molecule has 0 unspecified atom stereocenters. The number of benzene rings is 2. The van der Waals surface area contributed by atoms with E-state index in [1.807, 2.05) is 6.07 Å². The molecule has 0 bridgehead atoms. The van der Waals surface area contributed by atoms with Crippen LogP contribution in [0.15, 0.2) is 48.5 Å². The van der Waals surface area contributed by atoms with E-state index in [2.05, 4.69) is 0 Å². The van der Waals surface area contributed by atoms with E-state index in [0.717, 1.165) is 11.1 Å². The average molecular weight is 474 g/mol. The van der Waals surface area contributed by atoms with Gasteiger partial charge in [-0.25, -0.2) is 4.79 Å². The Kier molecular flexibility index (Phi) is 8.01. The first-order chi connectivity index (χ1) is 14.9. The van der Waals surface area contributed by atoms with Crippen molar-refractivity contribution >= 4 is 29.8 Å². The van der Waals surface area contributed by atoms with E-state index in [1.54, 1.807) is 47.8 Å². The fourth-order valence-electron chi connectivity index (χ4n) is 3.04. The number of alkyl halides is 4. The first kappa shape index (κ1) is 25.3. The number of carboxylic acid groups (broad SMARTS) is 1. The Balaban J connectivity index is 2.21. The number of carbonyl (C=O) groups is 3. The van der Waals surface area contributed by atoms with E-state index < -0.39 is 35.7 Å². The number of carbonyl (C=O) groups excluding carboxylic acids is 2. The second kappa shape index (κ2) is 10.1. The van der Waals surface area contributed by atoms with Gasteiger partial charge in [0.15, 0.2) is 0 Å². The topological polar surface area (TPSA) is 83.5 Å². The molecule has 172 valence electrons. The molecule has 2 aromatic carbocycles. The summed E-state index contributed by atoms with van der Waals surface area (Å²) in [5.41, 5.74) is 2.22. The van der Waals surface area contributed by atoms with Crippen molar-refractivity contribution in [2.24, 2.45) is 5.92 Å². The Morgan fingerprint density at radius 1 is 1.06 bits per heavy atom. The van der Waals surface area contributed by atoms with Crippen molar-refractivity contribution in [3.05, 3.63) is 59.1 Å². The third-order valence-electron chi connectivity index (χ3n) is 4.77. The van der Waals surface area contributed by atoms with Crippen molar-refractivity contribution < 1.29 is 37.1 Å². The fourth-order valence-corrected chi connectivity index (χ4v) is 3.23. The quantitative estimate of drug-likeness (QED) is 0.390. The summed E-state index contributed by atoms with van der Waals surface area (Å²) in [6, 6.07) is 12.7. The molecule has 0 aromatic heterocycles. The minimum Gasteiger partial charge on any atom is -0.477 e. The maximum absolute atomic E-state index is 13.8. The van der Waals surface area contributed by atoms with Crippen LogP contribution in [0, 0.1) is 5.92 Å². The highest BCUT2D eigenvalue weighted by molar-refractivity contribution is 6.30. The summed E-state index contributed by atoms with van der Waals surface area (Å²) in [6.07, 6.45) is 0.375. The normalized spacial score (nSPS) is 13.8. The summed E-state index contributed by atoms with van der Waals surface area (Å²) in [5, 5.41) is 10.7. The molecule has 0 radical (unpaired) electrons. The number of amides is 1. The van der Waals surface area contributed by atoms with Crippen LogP contribution >= 0.6 is 11.6 Å². The molecule has 0 aliphatic heterocycles. The maximum atomic E-state index is 13.8. The van der Waals surface area contributed by atoms with Crippen molar-refractivity contribution in [3.8, 4) is 11.1 Å². The van der Waals surface area contributed by atoms with Gasteiger partial charge in [-0.15, -0.1) is 0 Å². The maximum Gasteiger partial charge on any atom is 0.413 e. The van der Waals surface area contributed by atoms with Crippen LogP contribution in [0.1, 0.15) is 18.9 Å². The van der Waals surface area contributed by atoms with E-state index in [-0.39, 0.29) is 12.8 Å². The van der Waals surface area contributed by atoms with Gasteiger partial charge in [0.05, 0.1) is 0 Å². The van der Waals surface area contributed by atoms with Crippen LogP contribution in [0.5, 0.6) is 0 Å². The Hall–Kier alpha value is -2.94. The highest BCUT2D eigenvalue weighted by atomic mass is 35.5. The predicted molar refractivity (Wildman–Crippen MR) is 110 cm³/mol. The van der Waals surface area contributed by atoms with Gasteiger partial charge in [0, 0.05) is 17.0 Å². The average Bonchev–Trinajstić information content (AvgIpc) is 2.73. The van der Waals surface area contributed by atoms with Gasteiger partial charge in [0.25, 0.3) is 5.91 Å². The lowest BCUT2D eigenvalue weighted by Crippen LogP contribution is -2.58. The van der Waals surface area contributed by atoms with Crippen LogP contribution in [-0.4, -0.2) is 41.2 Å². The molecule has 10 heteroatoms. The third-order valence-corrected chi connectivity index (χ3v) is 5.00. The summed E-state index contributed by atoms with van der Waals surface area (Å²) in [7, 11) is 0. The Labute approximate surface area is 186 Å². The predicted octanol–water partition coefficient (Wildman–Crippen LogP) is 4.61. The summed E-state index contributed by atoms with van der Waals surface area (Å²) in [6.45, 7) is 1.47. The molecule has 5 nitrogen and oxygen atoms in total. The standard InChI is InChI=1S/C22H20ClF4NO4/c1-13(12-29)9-18(28-19(30)21(24,25)22(26,27)20(31)32)10-14-5-7-15(8-6-14)16-3-2-4-17(23)11-16/h2-8,11-13,18H,9-10H2,1H3,(H,28,30)(H,31,32)/t13-,18+/m1/s1. The number of nitrogens with one attached hydrogen (secondary N) is 1. The molecule has 1 amide bonds. The van der Waals surface area contributed by atoms with Crippen LogP contribution in [0.4, 0.5) is 17.6 Å². The number of aldehydes is 1. The van der Waals surface area contributed by atoms with E-state index in [9.17, 15) is 31.9 Å². The van der Waals surface area contributed by atoms with Crippen molar-refractivity contribution in [2.45, 2.75) is 37.7 Å². The lowest BCUT2D eigenvalue weighted by atomic mass is 9.95. The van der Waals surface area contributed by atoms with Crippen molar-refractivity contribution in [1.29, 1.82) is 0 Å². The third kappa shape index (κ3) is 5.85. The second-order valence-corrected chi connectivity index (χ2v) is 7.82. The molecule has 0 spiro atoms. The molecule has 0 saturated heterocycles. The fraction of sp³-hybridized carbons (Fsp3) is 0.318. The number of hydrogen-bond donors (Lipinski definition) is 2. The molecular weight excluding hydrogens is 454 g/mol. The van der Waals surface area contributed by atoms with E-state index in [4.69, 9.17) is 16.7 Å². The Morgan fingerprint density at radius 3 is 2.22 bits per heavy atom. The lowest BCUT2D eigenvalue weighted by Gasteiger charge is -2.26. The van der Waals surface area contributed by atoms with Gasteiger partial charge < -0.3 is 15.2 Å². The first-order valence-electron chi connectivity index (χ1n) is 9.48. The largest absolute Gasteiger partial charge is 0.477 e.